The molecule has 166 valence electrons. The molecule has 1 unspecified atom stereocenters. The van der Waals surface area contributed by atoms with E-state index in [2.05, 4.69) is 20.3 Å². The van der Waals surface area contributed by atoms with Crippen LogP contribution < -0.4 is 15.8 Å². The summed E-state index contributed by atoms with van der Waals surface area (Å²) in [5, 5.41) is 2.99. The number of aromatic amines is 1. The Labute approximate surface area is 184 Å². The third-order valence-electron chi connectivity index (χ3n) is 5.20. The summed E-state index contributed by atoms with van der Waals surface area (Å²) in [5.41, 5.74) is 1.77. The van der Waals surface area contributed by atoms with Gasteiger partial charge in [0.1, 0.15) is 5.82 Å². The number of aromatic nitrogens is 3. The second-order valence-corrected chi connectivity index (χ2v) is 7.57. The van der Waals surface area contributed by atoms with E-state index < -0.39 is 6.04 Å². The van der Waals surface area contributed by atoms with E-state index in [1.165, 1.54) is 18.2 Å². The van der Waals surface area contributed by atoms with Gasteiger partial charge in [0.15, 0.2) is 0 Å². The lowest BCUT2D eigenvalue weighted by Gasteiger charge is -2.27. The summed E-state index contributed by atoms with van der Waals surface area (Å²) in [6, 6.07) is 10.5. The molecule has 1 atom stereocenters. The molecule has 3 aromatic rings. The zero-order chi connectivity index (χ0) is 22.3. The minimum atomic E-state index is -0.480. The third-order valence-corrected chi connectivity index (χ3v) is 5.20. The number of pyridine rings is 1. The number of carbonyl (C=O) groups excluding carboxylic acids is 1. The summed E-state index contributed by atoms with van der Waals surface area (Å²) in [7, 11) is 0. The van der Waals surface area contributed by atoms with Crippen LogP contribution in [0.2, 0.25) is 0 Å². The van der Waals surface area contributed by atoms with Gasteiger partial charge in [0, 0.05) is 38.0 Å². The average Bonchev–Trinajstić information content (AvgIpc) is 2.80. The van der Waals surface area contributed by atoms with Gasteiger partial charge >= 0.3 is 0 Å². The fourth-order valence-corrected chi connectivity index (χ4v) is 3.61. The van der Waals surface area contributed by atoms with Gasteiger partial charge in [-0.3, -0.25) is 19.6 Å². The molecule has 0 aliphatic carbocycles. The number of nitrogens with one attached hydrogen (secondary N) is 2. The Morgan fingerprint density at radius 3 is 2.72 bits per heavy atom. The van der Waals surface area contributed by atoms with E-state index in [1.54, 1.807) is 30.6 Å². The summed E-state index contributed by atoms with van der Waals surface area (Å²) in [4.78, 5) is 38.4. The molecule has 32 heavy (non-hydrogen) atoms. The van der Waals surface area contributed by atoms with Crippen LogP contribution in [0.15, 0.2) is 59.7 Å². The molecule has 0 bridgehead atoms. The second-order valence-electron chi connectivity index (χ2n) is 7.57. The monoisotopic (exact) mass is 437 g/mol. The van der Waals surface area contributed by atoms with E-state index >= 15 is 0 Å². The van der Waals surface area contributed by atoms with Crippen molar-refractivity contribution in [2.24, 2.45) is 0 Å². The number of halogens is 1. The van der Waals surface area contributed by atoms with Gasteiger partial charge in [-0.1, -0.05) is 18.2 Å². The van der Waals surface area contributed by atoms with Gasteiger partial charge < -0.3 is 15.0 Å². The minimum absolute atomic E-state index is 0.160. The van der Waals surface area contributed by atoms with Gasteiger partial charge in [0.2, 0.25) is 11.9 Å². The standard InChI is InChI=1S/C23H24FN5O3/c24-18-5-3-17(4-6-18)20(27-21(30)12-16-2-1-7-25-15-16)13-19-14-22(31)28-23(26-19)29-8-10-32-11-9-29/h1-7,14-15,20H,8-13H2,(H,27,30)(H,26,28,31). The van der Waals surface area contributed by atoms with Crippen molar-refractivity contribution < 1.29 is 13.9 Å². The summed E-state index contributed by atoms with van der Waals surface area (Å²) in [5.74, 6) is -0.0843. The van der Waals surface area contributed by atoms with Crippen molar-refractivity contribution in [3.63, 3.8) is 0 Å². The molecular formula is C23H24FN5O3. The number of nitrogens with zero attached hydrogens (tertiary/aromatic N) is 3. The van der Waals surface area contributed by atoms with E-state index in [0.29, 0.717) is 37.9 Å². The number of amides is 1. The van der Waals surface area contributed by atoms with Crippen molar-refractivity contribution in [2.45, 2.75) is 18.9 Å². The molecule has 1 amide bonds. The molecule has 0 radical (unpaired) electrons. The number of morpholine rings is 1. The molecule has 1 aliphatic heterocycles. The Hall–Kier alpha value is -3.59. The van der Waals surface area contributed by atoms with Crippen LogP contribution in [0.1, 0.15) is 22.9 Å². The summed E-state index contributed by atoms with van der Waals surface area (Å²) in [6.07, 6.45) is 3.73. The first-order chi connectivity index (χ1) is 15.6. The number of anilines is 1. The Morgan fingerprint density at radius 1 is 1.22 bits per heavy atom. The molecule has 1 aliphatic rings. The van der Waals surface area contributed by atoms with Crippen molar-refractivity contribution in [3.8, 4) is 0 Å². The molecule has 9 heteroatoms. The van der Waals surface area contributed by atoms with E-state index in [-0.39, 0.29) is 30.1 Å². The molecule has 8 nitrogen and oxygen atoms in total. The first-order valence-corrected chi connectivity index (χ1v) is 10.4. The molecule has 2 N–H and O–H groups in total. The molecule has 4 rings (SSSR count). The maximum Gasteiger partial charge on any atom is 0.252 e. The van der Waals surface area contributed by atoms with Crippen LogP contribution in [-0.2, 0) is 22.4 Å². The van der Waals surface area contributed by atoms with Gasteiger partial charge in [-0.05, 0) is 29.3 Å². The summed E-state index contributed by atoms with van der Waals surface area (Å²) in [6.45, 7) is 2.40. The lowest BCUT2D eigenvalue weighted by molar-refractivity contribution is -0.121. The van der Waals surface area contributed by atoms with Gasteiger partial charge in [-0.15, -0.1) is 0 Å². The van der Waals surface area contributed by atoms with E-state index in [1.807, 2.05) is 11.0 Å². The van der Waals surface area contributed by atoms with Crippen molar-refractivity contribution >= 4 is 11.9 Å². The van der Waals surface area contributed by atoms with E-state index in [0.717, 1.165) is 11.1 Å². The predicted molar refractivity (Wildman–Crippen MR) is 117 cm³/mol. The Bertz CT molecular complexity index is 1100. The second kappa shape index (κ2) is 10.1. The summed E-state index contributed by atoms with van der Waals surface area (Å²) >= 11 is 0. The van der Waals surface area contributed by atoms with Crippen molar-refractivity contribution in [1.29, 1.82) is 0 Å². The highest BCUT2D eigenvalue weighted by atomic mass is 19.1. The molecule has 1 saturated heterocycles. The maximum atomic E-state index is 13.5. The fourth-order valence-electron chi connectivity index (χ4n) is 3.61. The quantitative estimate of drug-likeness (QED) is 0.585. The number of rotatable bonds is 7. The molecule has 1 fully saturated rings. The highest BCUT2D eigenvalue weighted by Crippen LogP contribution is 2.19. The number of H-pyrrole nitrogens is 1. The zero-order valence-electron chi connectivity index (χ0n) is 17.5. The first kappa shape index (κ1) is 21.6. The first-order valence-electron chi connectivity index (χ1n) is 10.4. The van der Waals surface area contributed by atoms with Crippen LogP contribution in [0, 0.1) is 5.82 Å². The lowest BCUT2D eigenvalue weighted by atomic mass is 10.0. The molecule has 0 spiro atoms. The minimum Gasteiger partial charge on any atom is -0.378 e. The Balaban J connectivity index is 1.56. The molecule has 2 aromatic heterocycles. The van der Waals surface area contributed by atoms with Crippen LogP contribution in [0.5, 0.6) is 0 Å². The van der Waals surface area contributed by atoms with Gasteiger partial charge in [-0.2, -0.15) is 0 Å². The molecule has 3 heterocycles. The smallest absolute Gasteiger partial charge is 0.252 e. The SMILES string of the molecule is O=C(Cc1cccnc1)NC(Cc1cc(=O)[nH]c(N2CCOCC2)n1)c1ccc(F)cc1. The largest absolute Gasteiger partial charge is 0.378 e. The molecule has 1 aromatic carbocycles. The molecule has 0 saturated carbocycles. The van der Waals surface area contributed by atoms with Crippen LogP contribution in [-0.4, -0.2) is 47.2 Å². The summed E-state index contributed by atoms with van der Waals surface area (Å²) < 4.78 is 18.8. The number of hydrogen-bond donors (Lipinski definition) is 2. The van der Waals surface area contributed by atoms with Crippen LogP contribution in [0.3, 0.4) is 0 Å². The zero-order valence-corrected chi connectivity index (χ0v) is 17.5. The fraction of sp³-hybridized carbons (Fsp3) is 0.304. The van der Waals surface area contributed by atoms with E-state index in [4.69, 9.17) is 4.74 Å². The van der Waals surface area contributed by atoms with Crippen molar-refractivity contribution in [1.82, 2.24) is 20.3 Å². The average molecular weight is 437 g/mol. The Morgan fingerprint density at radius 2 is 2.00 bits per heavy atom. The number of hydrogen-bond acceptors (Lipinski definition) is 6. The van der Waals surface area contributed by atoms with Gasteiger partial charge in [0.05, 0.1) is 31.4 Å². The van der Waals surface area contributed by atoms with Gasteiger partial charge in [-0.25, -0.2) is 9.37 Å². The van der Waals surface area contributed by atoms with Crippen LogP contribution in [0.25, 0.3) is 0 Å². The Kier molecular flexibility index (Phi) is 6.86. The third kappa shape index (κ3) is 5.76. The number of ether oxygens (including phenoxy) is 1. The lowest BCUT2D eigenvalue weighted by Crippen LogP contribution is -2.38. The molecular weight excluding hydrogens is 413 g/mol. The van der Waals surface area contributed by atoms with Crippen LogP contribution >= 0.6 is 0 Å². The topological polar surface area (TPSA) is 100 Å². The normalized spacial score (nSPS) is 14.7. The number of carbonyl (C=O) groups is 1. The highest BCUT2D eigenvalue weighted by molar-refractivity contribution is 5.79. The van der Waals surface area contributed by atoms with Crippen molar-refractivity contribution in [3.05, 3.63) is 87.9 Å². The van der Waals surface area contributed by atoms with E-state index in [9.17, 15) is 14.0 Å². The highest BCUT2D eigenvalue weighted by Gasteiger charge is 2.19. The van der Waals surface area contributed by atoms with Crippen LogP contribution in [0.4, 0.5) is 10.3 Å². The van der Waals surface area contributed by atoms with Crippen molar-refractivity contribution in [2.75, 3.05) is 31.2 Å². The number of benzene rings is 1. The maximum absolute atomic E-state index is 13.5. The van der Waals surface area contributed by atoms with Gasteiger partial charge in [0.25, 0.3) is 5.56 Å². The predicted octanol–water partition coefficient (Wildman–Crippen LogP) is 1.78.